The molecule has 20 heavy (non-hydrogen) atoms. The lowest BCUT2D eigenvalue weighted by Gasteiger charge is -2.03. The monoisotopic (exact) mass is 268 g/mol. The van der Waals surface area contributed by atoms with Crippen molar-refractivity contribution in [3.05, 3.63) is 66.2 Å². The van der Waals surface area contributed by atoms with Crippen LogP contribution in [0.3, 0.4) is 0 Å². The summed E-state index contributed by atoms with van der Waals surface area (Å²) in [7, 11) is 0. The second-order valence-electron chi connectivity index (χ2n) is 4.39. The highest BCUT2D eigenvalue weighted by Crippen LogP contribution is 2.18. The largest absolute Gasteiger partial charge is 0.366 e. The molecule has 0 bridgehead atoms. The molecule has 0 saturated heterocycles. The van der Waals surface area contributed by atoms with E-state index in [-0.39, 0.29) is 5.82 Å². The highest BCUT2D eigenvalue weighted by molar-refractivity contribution is 5.61. The number of hydrogen-bond acceptors (Lipinski definition) is 3. The molecule has 0 unspecified atom stereocenters. The Morgan fingerprint density at radius 3 is 2.75 bits per heavy atom. The SMILES string of the molecule is Fc1ccc(CNc2cc(-c3cccnc3)n[nH]2)cc1. The van der Waals surface area contributed by atoms with Crippen LogP contribution in [0, 0.1) is 5.82 Å². The summed E-state index contributed by atoms with van der Waals surface area (Å²) in [4.78, 5) is 4.06. The van der Waals surface area contributed by atoms with Crippen molar-refractivity contribution in [3.63, 3.8) is 0 Å². The third kappa shape index (κ3) is 2.83. The van der Waals surface area contributed by atoms with Gasteiger partial charge in [0.2, 0.25) is 0 Å². The molecule has 100 valence electrons. The number of H-pyrrole nitrogens is 1. The Morgan fingerprint density at radius 1 is 1.15 bits per heavy atom. The predicted molar refractivity (Wildman–Crippen MR) is 75.5 cm³/mol. The highest BCUT2D eigenvalue weighted by atomic mass is 19.1. The summed E-state index contributed by atoms with van der Waals surface area (Å²) in [5.41, 5.74) is 2.79. The van der Waals surface area contributed by atoms with Crippen LogP contribution >= 0.6 is 0 Å². The Morgan fingerprint density at radius 2 is 2.00 bits per heavy atom. The van der Waals surface area contributed by atoms with Crippen LogP contribution < -0.4 is 5.32 Å². The van der Waals surface area contributed by atoms with Crippen molar-refractivity contribution >= 4 is 5.82 Å². The van der Waals surface area contributed by atoms with Crippen LogP contribution in [0.4, 0.5) is 10.2 Å². The molecule has 3 rings (SSSR count). The van der Waals surface area contributed by atoms with E-state index >= 15 is 0 Å². The van der Waals surface area contributed by atoms with Crippen LogP contribution in [0.1, 0.15) is 5.56 Å². The topological polar surface area (TPSA) is 53.6 Å². The predicted octanol–water partition coefficient (Wildman–Crippen LogP) is 3.22. The van der Waals surface area contributed by atoms with Crippen LogP contribution in [0.15, 0.2) is 54.9 Å². The number of anilines is 1. The van der Waals surface area contributed by atoms with Crippen molar-refractivity contribution in [3.8, 4) is 11.3 Å². The zero-order valence-electron chi connectivity index (χ0n) is 10.7. The van der Waals surface area contributed by atoms with Crippen LogP contribution in [-0.4, -0.2) is 15.2 Å². The minimum absolute atomic E-state index is 0.228. The van der Waals surface area contributed by atoms with Crippen molar-refractivity contribution in [2.75, 3.05) is 5.32 Å². The van der Waals surface area contributed by atoms with E-state index in [4.69, 9.17) is 0 Å². The summed E-state index contributed by atoms with van der Waals surface area (Å²) in [6.45, 7) is 0.606. The molecule has 0 spiro atoms. The van der Waals surface area contributed by atoms with Gasteiger partial charge in [0.05, 0.1) is 5.69 Å². The number of halogens is 1. The average molecular weight is 268 g/mol. The molecule has 1 aromatic carbocycles. The molecule has 0 aliphatic carbocycles. The van der Waals surface area contributed by atoms with Gasteiger partial charge in [0.1, 0.15) is 11.6 Å². The van der Waals surface area contributed by atoms with Crippen molar-refractivity contribution in [1.29, 1.82) is 0 Å². The molecular formula is C15H13FN4. The average Bonchev–Trinajstić information content (AvgIpc) is 2.97. The summed E-state index contributed by atoms with van der Waals surface area (Å²) in [5, 5.41) is 10.4. The van der Waals surface area contributed by atoms with E-state index in [0.29, 0.717) is 6.54 Å². The molecule has 0 saturated carbocycles. The molecule has 0 amide bonds. The fraction of sp³-hybridized carbons (Fsp3) is 0.0667. The molecular weight excluding hydrogens is 255 g/mol. The van der Waals surface area contributed by atoms with Gasteiger partial charge >= 0.3 is 0 Å². The van der Waals surface area contributed by atoms with Crippen molar-refractivity contribution in [2.45, 2.75) is 6.54 Å². The Balaban J connectivity index is 1.67. The van der Waals surface area contributed by atoms with Gasteiger partial charge in [-0.3, -0.25) is 10.1 Å². The van der Waals surface area contributed by atoms with Crippen molar-refractivity contribution in [2.24, 2.45) is 0 Å². The van der Waals surface area contributed by atoms with E-state index in [1.54, 1.807) is 24.5 Å². The third-order valence-corrected chi connectivity index (χ3v) is 2.93. The minimum atomic E-state index is -0.228. The van der Waals surface area contributed by atoms with E-state index in [1.807, 2.05) is 18.2 Å². The maximum absolute atomic E-state index is 12.8. The molecule has 2 aromatic heterocycles. The maximum atomic E-state index is 12.8. The normalized spacial score (nSPS) is 10.4. The van der Waals surface area contributed by atoms with Gasteiger partial charge in [-0.1, -0.05) is 12.1 Å². The first-order valence-electron chi connectivity index (χ1n) is 6.25. The van der Waals surface area contributed by atoms with Crippen LogP contribution in [0.2, 0.25) is 0 Å². The van der Waals surface area contributed by atoms with Gasteiger partial charge in [-0.15, -0.1) is 0 Å². The fourth-order valence-electron chi connectivity index (χ4n) is 1.87. The molecule has 0 atom stereocenters. The van der Waals surface area contributed by atoms with E-state index in [2.05, 4.69) is 20.5 Å². The van der Waals surface area contributed by atoms with Gasteiger partial charge in [0, 0.05) is 30.6 Å². The molecule has 0 fully saturated rings. The lowest BCUT2D eigenvalue weighted by atomic mass is 10.2. The van der Waals surface area contributed by atoms with Crippen molar-refractivity contribution in [1.82, 2.24) is 15.2 Å². The molecule has 0 aliphatic rings. The first-order valence-corrected chi connectivity index (χ1v) is 6.25. The molecule has 0 radical (unpaired) electrons. The van der Waals surface area contributed by atoms with Crippen LogP contribution in [0.25, 0.3) is 11.3 Å². The third-order valence-electron chi connectivity index (χ3n) is 2.93. The standard InChI is InChI=1S/C15H13FN4/c16-13-5-3-11(4-6-13)9-18-15-8-14(19-20-15)12-2-1-7-17-10-12/h1-8,10H,9H2,(H2,18,19,20). The smallest absolute Gasteiger partial charge is 0.123 e. The maximum Gasteiger partial charge on any atom is 0.123 e. The lowest BCUT2D eigenvalue weighted by Crippen LogP contribution is -1.99. The number of rotatable bonds is 4. The number of pyridine rings is 1. The number of nitrogens with one attached hydrogen (secondary N) is 2. The minimum Gasteiger partial charge on any atom is -0.366 e. The number of hydrogen-bond donors (Lipinski definition) is 2. The zero-order valence-corrected chi connectivity index (χ0v) is 10.7. The van der Waals surface area contributed by atoms with Gasteiger partial charge < -0.3 is 5.32 Å². The summed E-state index contributed by atoms with van der Waals surface area (Å²) < 4.78 is 12.8. The van der Waals surface area contributed by atoms with E-state index < -0.39 is 0 Å². The van der Waals surface area contributed by atoms with Gasteiger partial charge in [-0.25, -0.2) is 4.39 Å². The Hall–Kier alpha value is -2.69. The van der Waals surface area contributed by atoms with Gasteiger partial charge in [-0.2, -0.15) is 5.10 Å². The van der Waals surface area contributed by atoms with Gasteiger partial charge in [0.25, 0.3) is 0 Å². The molecule has 0 aliphatic heterocycles. The quantitative estimate of drug-likeness (QED) is 0.764. The molecule has 4 nitrogen and oxygen atoms in total. The second-order valence-corrected chi connectivity index (χ2v) is 4.39. The summed E-state index contributed by atoms with van der Waals surface area (Å²) >= 11 is 0. The Kier molecular flexibility index (Phi) is 3.41. The van der Waals surface area contributed by atoms with Gasteiger partial charge in [0.15, 0.2) is 0 Å². The molecule has 3 aromatic rings. The van der Waals surface area contributed by atoms with Gasteiger partial charge in [-0.05, 0) is 29.8 Å². The Labute approximate surface area is 115 Å². The van der Waals surface area contributed by atoms with Crippen LogP contribution in [-0.2, 0) is 6.54 Å². The molecule has 2 N–H and O–H groups in total. The van der Waals surface area contributed by atoms with Crippen molar-refractivity contribution < 1.29 is 4.39 Å². The number of aromatic amines is 1. The fourth-order valence-corrected chi connectivity index (χ4v) is 1.87. The molecule has 5 heteroatoms. The lowest BCUT2D eigenvalue weighted by molar-refractivity contribution is 0.627. The number of benzene rings is 1. The number of nitrogens with zero attached hydrogens (tertiary/aromatic N) is 2. The summed E-state index contributed by atoms with van der Waals surface area (Å²) in [6, 6.07) is 12.1. The van der Waals surface area contributed by atoms with E-state index in [1.165, 1.54) is 12.1 Å². The van der Waals surface area contributed by atoms with E-state index in [9.17, 15) is 4.39 Å². The zero-order chi connectivity index (χ0) is 13.8. The number of aromatic nitrogens is 3. The summed E-state index contributed by atoms with van der Waals surface area (Å²) in [6.07, 6.45) is 3.49. The van der Waals surface area contributed by atoms with E-state index in [0.717, 1.165) is 22.6 Å². The first kappa shape index (κ1) is 12.3. The van der Waals surface area contributed by atoms with Crippen LogP contribution in [0.5, 0.6) is 0 Å². The second kappa shape index (κ2) is 5.52. The molecule has 2 heterocycles. The highest BCUT2D eigenvalue weighted by Gasteiger charge is 2.03. The first-order chi connectivity index (χ1) is 9.81. The summed E-state index contributed by atoms with van der Waals surface area (Å²) in [5.74, 6) is 0.585. The Bertz CT molecular complexity index is 677.